The van der Waals surface area contributed by atoms with Gasteiger partial charge in [0.2, 0.25) is 0 Å². The smallest absolute Gasteiger partial charge is 0.182 e. The van der Waals surface area contributed by atoms with Gasteiger partial charge in [-0.1, -0.05) is 12.1 Å². The Balaban J connectivity index is 1.64. The van der Waals surface area contributed by atoms with Crippen LogP contribution in [0.3, 0.4) is 0 Å². The van der Waals surface area contributed by atoms with E-state index in [1.165, 1.54) is 0 Å². The van der Waals surface area contributed by atoms with Crippen LogP contribution in [0.25, 0.3) is 0 Å². The number of Topliss-reactive ketones (excluding diaryl/α,β-unsaturated/α-hetero) is 1. The van der Waals surface area contributed by atoms with Crippen LogP contribution < -0.4 is 19.1 Å². The number of ether oxygens (including phenoxy) is 3. The number of amidine groups is 1. The van der Waals surface area contributed by atoms with Gasteiger partial charge in [-0.05, 0) is 43.2 Å². The van der Waals surface area contributed by atoms with Crippen molar-refractivity contribution in [1.82, 2.24) is 0 Å². The summed E-state index contributed by atoms with van der Waals surface area (Å²) in [5.41, 5.74) is 1.46. The lowest BCUT2D eigenvalue weighted by molar-refractivity contribution is 0.100. The normalized spacial score (nSPS) is 15.5. The molecule has 0 unspecified atom stereocenters. The number of para-hydroxylation sites is 2. The lowest BCUT2D eigenvalue weighted by atomic mass is 10.1. The molecule has 0 atom stereocenters. The fourth-order valence-corrected chi connectivity index (χ4v) is 3.52. The topological polar surface area (TPSA) is 60.4 Å². The highest BCUT2D eigenvalue weighted by atomic mass is 16.6. The van der Waals surface area contributed by atoms with Crippen LogP contribution in [-0.2, 0) is 0 Å². The third kappa shape index (κ3) is 3.81. The Labute approximate surface area is 164 Å². The second-order valence-corrected chi connectivity index (χ2v) is 6.79. The number of fused-ring (bicyclic) bond motifs is 1. The number of carbonyl (C=O) groups excluding carboxylic acids is 1. The Morgan fingerprint density at radius 3 is 2.71 bits per heavy atom. The Morgan fingerprint density at radius 2 is 1.93 bits per heavy atom. The lowest BCUT2D eigenvalue weighted by Gasteiger charge is -2.29. The monoisotopic (exact) mass is 380 g/mol. The molecule has 2 aliphatic rings. The van der Waals surface area contributed by atoms with Gasteiger partial charge in [0.1, 0.15) is 24.8 Å². The Hall–Kier alpha value is -3.02. The zero-order valence-electron chi connectivity index (χ0n) is 16.0. The summed E-state index contributed by atoms with van der Waals surface area (Å²) in [4.78, 5) is 19.8. The SMILES string of the molecule is COc1ccccc1N(CC(=O)c1ccc2c(c1)OCCO2)C1=NCCCC1. The van der Waals surface area contributed by atoms with E-state index in [9.17, 15) is 4.79 Å². The number of hydrogen-bond acceptors (Lipinski definition) is 6. The van der Waals surface area contributed by atoms with Gasteiger partial charge in [0.25, 0.3) is 0 Å². The number of benzene rings is 2. The molecule has 0 saturated heterocycles. The van der Waals surface area contributed by atoms with Gasteiger partial charge in [0.05, 0.1) is 19.3 Å². The second kappa shape index (κ2) is 8.33. The summed E-state index contributed by atoms with van der Waals surface area (Å²) in [6.07, 6.45) is 3.01. The lowest BCUT2D eigenvalue weighted by Crippen LogP contribution is -2.37. The fourth-order valence-electron chi connectivity index (χ4n) is 3.52. The third-order valence-corrected chi connectivity index (χ3v) is 4.96. The summed E-state index contributed by atoms with van der Waals surface area (Å²) >= 11 is 0. The summed E-state index contributed by atoms with van der Waals surface area (Å²) in [7, 11) is 1.64. The van der Waals surface area contributed by atoms with Crippen molar-refractivity contribution in [2.45, 2.75) is 19.3 Å². The van der Waals surface area contributed by atoms with E-state index in [0.717, 1.165) is 43.1 Å². The number of ketones is 1. The molecule has 6 heteroatoms. The van der Waals surface area contributed by atoms with Gasteiger partial charge in [-0.25, -0.2) is 0 Å². The van der Waals surface area contributed by atoms with Gasteiger partial charge < -0.3 is 19.1 Å². The van der Waals surface area contributed by atoms with Gasteiger partial charge in [-0.2, -0.15) is 0 Å². The maximum absolute atomic E-state index is 13.1. The molecule has 6 nitrogen and oxygen atoms in total. The second-order valence-electron chi connectivity index (χ2n) is 6.79. The highest BCUT2D eigenvalue weighted by Crippen LogP contribution is 2.32. The fraction of sp³-hybridized carbons (Fsp3) is 0.364. The number of nitrogens with zero attached hydrogens (tertiary/aromatic N) is 2. The highest BCUT2D eigenvalue weighted by Gasteiger charge is 2.23. The molecule has 28 heavy (non-hydrogen) atoms. The number of rotatable bonds is 5. The Kier molecular flexibility index (Phi) is 5.46. The van der Waals surface area contributed by atoms with Gasteiger partial charge in [-0.15, -0.1) is 0 Å². The van der Waals surface area contributed by atoms with Crippen molar-refractivity contribution in [1.29, 1.82) is 0 Å². The highest BCUT2D eigenvalue weighted by molar-refractivity contribution is 6.08. The molecule has 2 aliphatic heterocycles. The van der Waals surface area contributed by atoms with Crippen molar-refractivity contribution in [2.24, 2.45) is 4.99 Å². The van der Waals surface area contributed by atoms with E-state index in [1.807, 2.05) is 29.2 Å². The van der Waals surface area contributed by atoms with Crippen molar-refractivity contribution in [2.75, 3.05) is 38.3 Å². The van der Waals surface area contributed by atoms with E-state index in [-0.39, 0.29) is 12.3 Å². The van der Waals surface area contributed by atoms with Gasteiger partial charge in [0, 0.05) is 18.5 Å². The summed E-state index contributed by atoms with van der Waals surface area (Å²) in [6, 6.07) is 13.1. The van der Waals surface area contributed by atoms with Crippen LogP contribution in [0.2, 0.25) is 0 Å². The molecule has 0 radical (unpaired) electrons. The minimum Gasteiger partial charge on any atom is -0.495 e. The van der Waals surface area contributed by atoms with Gasteiger partial charge in [0.15, 0.2) is 17.3 Å². The predicted molar refractivity (Wildman–Crippen MR) is 108 cm³/mol. The molecule has 0 N–H and O–H groups in total. The first-order valence-corrected chi connectivity index (χ1v) is 9.63. The summed E-state index contributed by atoms with van der Waals surface area (Å²) < 4.78 is 16.7. The number of hydrogen-bond donors (Lipinski definition) is 0. The molecule has 2 aromatic carbocycles. The molecule has 2 aromatic rings. The van der Waals surface area contributed by atoms with Crippen LogP contribution in [0, 0.1) is 0 Å². The number of carbonyl (C=O) groups is 1. The largest absolute Gasteiger partial charge is 0.495 e. The van der Waals surface area contributed by atoms with Crippen LogP contribution in [0.4, 0.5) is 5.69 Å². The predicted octanol–water partition coefficient (Wildman–Crippen LogP) is 3.74. The van der Waals surface area contributed by atoms with Crippen molar-refractivity contribution >= 4 is 17.3 Å². The Bertz CT molecular complexity index is 894. The van der Waals surface area contributed by atoms with Crippen LogP contribution in [-0.4, -0.2) is 45.0 Å². The Morgan fingerprint density at radius 1 is 1.11 bits per heavy atom. The molecule has 4 rings (SSSR count). The van der Waals surface area contributed by atoms with Crippen LogP contribution >= 0.6 is 0 Å². The molecule has 0 aromatic heterocycles. The number of methoxy groups -OCH3 is 1. The molecule has 2 heterocycles. The summed E-state index contributed by atoms with van der Waals surface area (Å²) in [5.74, 6) is 2.96. The third-order valence-electron chi connectivity index (χ3n) is 4.96. The molecule has 0 saturated carbocycles. The molecule has 0 amide bonds. The average molecular weight is 380 g/mol. The molecule has 146 valence electrons. The first-order valence-electron chi connectivity index (χ1n) is 9.63. The number of aliphatic imine (C=N–C) groups is 1. The van der Waals surface area contributed by atoms with Crippen molar-refractivity contribution in [3.05, 3.63) is 48.0 Å². The van der Waals surface area contributed by atoms with Crippen LogP contribution in [0.1, 0.15) is 29.6 Å². The first kappa shape index (κ1) is 18.3. The van der Waals surface area contributed by atoms with Gasteiger partial charge in [-0.3, -0.25) is 9.79 Å². The van der Waals surface area contributed by atoms with E-state index in [4.69, 9.17) is 14.2 Å². The van der Waals surface area contributed by atoms with Gasteiger partial charge >= 0.3 is 0 Å². The zero-order valence-corrected chi connectivity index (χ0v) is 16.0. The van der Waals surface area contributed by atoms with E-state index in [1.54, 1.807) is 25.3 Å². The van der Waals surface area contributed by atoms with Crippen molar-refractivity contribution in [3.63, 3.8) is 0 Å². The van der Waals surface area contributed by atoms with E-state index in [0.29, 0.717) is 30.3 Å². The maximum Gasteiger partial charge on any atom is 0.182 e. The summed E-state index contributed by atoms with van der Waals surface area (Å²) in [6.45, 7) is 2.01. The van der Waals surface area contributed by atoms with Crippen LogP contribution in [0.5, 0.6) is 17.2 Å². The number of anilines is 1. The first-order chi connectivity index (χ1) is 13.8. The minimum absolute atomic E-state index is 0.00356. The standard InChI is InChI=1S/C22H24N2O4/c1-26-19-7-3-2-6-17(19)24(22-8-4-5-11-23-22)15-18(25)16-9-10-20-21(14-16)28-13-12-27-20/h2-3,6-7,9-10,14H,4-5,8,11-13,15H2,1H3. The summed E-state index contributed by atoms with van der Waals surface area (Å²) in [5, 5.41) is 0. The van der Waals surface area contributed by atoms with Crippen molar-refractivity contribution < 1.29 is 19.0 Å². The van der Waals surface area contributed by atoms with E-state index >= 15 is 0 Å². The average Bonchev–Trinajstić information content (AvgIpc) is 2.77. The van der Waals surface area contributed by atoms with E-state index in [2.05, 4.69) is 4.99 Å². The van der Waals surface area contributed by atoms with Crippen molar-refractivity contribution in [3.8, 4) is 17.2 Å². The minimum atomic E-state index is -0.00356. The molecule has 0 fully saturated rings. The molecular formula is C22H24N2O4. The molecule has 0 aliphatic carbocycles. The zero-order chi connectivity index (χ0) is 19.3. The molecule has 0 bridgehead atoms. The maximum atomic E-state index is 13.1. The molecular weight excluding hydrogens is 356 g/mol. The molecule has 0 spiro atoms. The van der Waals surface area contributed by atoms with Crippen LogP contribution in [0.15, 0.2) is 47.5 Å². The van der Waals surface area contributed by atoms with E-state index < -0.39 is 0 Å². The quantitative estimate of drug-likeness (QED) is 0.740.